The van der Waals surface area contributed by atoms with Crippen LogP contribution in [-0.2, 0) is 6.42 Å². The van der Waals surface area contributed by atoms with E-state index in [4.69, 9.17) is 0 Å². The van der Waals surface area contributed by atoms with Gasteiger partial charge in [0.25, 0.3) is 5.69 Å². The van der Waals surface area contributed by atoms with Gasteiger partial charge in [-0.1, -0.05) is 42.5 Å². The Morgan fingerprint density at radius 2 is 1.78 bits per heavy atom. The molecule has 2 atom stereocenters. The molecule has 0 saturated carbocycles. The number of nitro benzene ring substituents is 1. The minimum atomic E-state index is -0.516. The average Bonchev–Trinajstić information content (AvgIpc) is 2.59. The highest BCUT2D eigenvalue weighted by atomic mass is 16.6. The van der Waals surface area contributed by atoms with E-state index < -0.39 is 6.10 Å². The second kappa shape index (κ2) is 8.41. The van der Waals surface area contributed by atoms with Crippen LogP contribution < -0.4 is 5.32 Å². The smallest absolute Gasteiger partial charge is 0.269 e. The fraction of sp³-hybridized carbons (Fsp3) is 0.333. The Bertz CT molecular complexity index is 614. The first kappa shape index (κ1) is 17.1. The van der Waals surface area contributed by atoms with Gasteiger partial charge < -0.3 is 10.4 Å². The van der Waals surface area contributed by atoms with Crippen LogP contribution in [0.3, 0.4) is 0 Å². The molecule has 23 heavy (non-hydrogen) atoms. The fourth-order valence-electron chi connectivity index (χ4n) is 2.38. The second-order valence-electron chi connectivity index (χ2n) is 5.70. The van der Waals surface area contributed by atoms with Crippen molar-refractivity contribution < 1.29 is 10.0 Å². The van der Waals surface area contributed by atoms with Crippen molar-refractivity contribution in [3.8, 4) is 0 Å². The molecule has 0 aliphatic rings. The van der Waals surface area contributed by atoms with Gasteiger partial charge in [0.2, 0.25) is 0 Å². The Kier molecular flexibility index (Phi) is 6.26. The maximum Gasteiger partial charge on any atom is 0.269 e. The largest absolute Gasteiger partial charge is 0.387 e. The Morgan fingerprint density at radius 3 is 2.39 bits per heavy atom. The van der Waals surface area contributed by atoms with Gasteiger partial charge in [0, 0.05) is 24.7 Å². The molecule has 0 aliphatic carbocycles. The van der Waals surface area contributed by atoms with E-state index in [1.165, 1.54) is 12.1 Å². The Labute approximate surface area is 136 Å². The number of hydrogen-bond donors (Lipinski definition) is 2. The SMILES string of the molecule is C[C@@H](CCc1ccc([N+](=O)[O-])cc1)NC[C@@H](O)c1ccccc1. The summed E-state index contributed by atoms with van der Waals surface area (Å²) in [4.78, 5) is 10.2. The van der Waals surface area contributed by atoms with Crippen LogP contribution in [0, 0.1) is 10.1 Å². The van der Waals surface area contributed by atoms with Crippen LogP contribution in [0.15, 0.2) is 54.6 Å². The minimum absolute atomic E-state index is 0.117. The molecule has 2 aromatic rings. The third-order valence-electron chi connectivity index (χ3n) is 3.86. The number of aryl methyl sites for hydroxylation is 1. The fourth-order valence-corrected chi connectivity index (χ4v) is 2.38. The maximum absolute atomic E-state index is 10.6. The van der Waals surface area contributed by atoms with E-state index in [2.05, 4.69) is 12.2 Å². The molecule has 0 aromatic heterocycles. The van der Waals surface area contributed by atoms with Crippen molar-refractivity contribution in [2.75, 3.05) is 6.54 Å². The Hall–Kier alpha value is -2.24. The standard InChI is InChI=1S/C18H22N2O3/c1-14(19-13-18(21)16-5-3-2-4-6-16)7-8-15-9-11-17(12-10-15)20(22)23/h2-6,9-12,14,18-19,21H,7-8,13H2,1H3/t14-,18+/m0/s1. The van der Waals surface area contributed by atoms with Crippen LogP contribution in [0.25, 0.3) is 0 Å². The van der Waals surface area contributed by atoms with Crippen molar-refractivity contribution >= 4 is 5.69 Å². The third-order valence-corrected chi connectivity index (χ3v) is 3.86. The molecule has 0 fully saturated rings. The monoisotopic (exact) mass is 314 g/mol. The van der Waals surface area contributed by atoms with Gasteiger partial charge in [0.1, 0.15) is 0 Å². The molecule has 0 spiro atoms. The summed E-state index contributed by atoms with van der Waals surface area (Å²) in [6, 6.07) is 16.5. The van der Waals surface area contributed by atoms with E-state index in [0.717, 1.165) is 24.0 Å². The highest BCUT2D eigenvalue weighted by molar-refractivity contribution is 5.32. The molecule has 2 rings (SSSR count). The lowest BCUT2D eigenvalue weighted by atomic mass is 10.0. The van der Waals surface area contributed by atoms with Gasteiger partial charge in [-0.05, 0) is 30.9 Å². The number of nitrogens with zero attached hydrogens (tertiary/aromatic N) is 1. The second-order valence-corrected chi connectivity index (χ2v) is 5.70. The van der Waals surface area contributed by atoms with E-state index in [0.29, 0.717) is 6.54 Å². The van der Waals surface area contributed by atoms with Gasteiger partial charge in [-0.25, -0.2) is 0 Å². The van der Waals surface area contributed by atoms with Crippen LogP contribution >= 0.6 is 0 Å². The van der Waals surface area contributed by atoms with Gasteiger partial charge in [0.05, 0.1) is 11.0 Å². The zero-order chi connectivity index (χ0) is 16.7. The van der Waals surface area contributed by atoms with E-state index in [-0.39, 0.29) is 16.7 Å². The lowest BCUT2D eigenvalue weighted by Gasteiger charge is -2.17. The van der Waals surface area contributed by atoms with Gasteiger partial charge in [-0.2, -0.15) is 0 Å². The number of hydrogen-bond acceptors (Lipinski definition) is 4. The van der Waals surface area contributed by atoms with Crippen molar-refractivity contribution in [1.82, 2.24) is 5.32 Å². The number of nitrogens with one attached hydrogen (secondary N) is 1. The topological polar surface area (TPSA) is 75.4 Å². The molecule has 2 N–H and O–H groups in total. The molecule has 0 heterocycles. The summed E-state index contributed by atoms with van der Waals surface area (Å²) < 4.78 is 0. The summed E-state index contributed by atoms with van der Waals surface area (Å²) in [5, 5.41) is 24.0. The van der Waals surface area contributed by atoms with Crippen LogP contribution in [0.5, 0.6) is 0 Å². The van der Waals surface area contributed by atoms with E-state index >= 15 is 0 Å². The van der Waals surface area contributed by atoms with Crippen molar-refractivity contribution in [2.24, 2.45) is 0 Å². The van der Waals surface area contributed by atoms with E-state index in [9.17, 15) is 15.2 Å². The predicted octanol–water partition coefficient (Wildman–Crippen LogP) is 3.24. The van der Waals surface area contributed by atoms with Crippen molar-refractivity contribution in [3.05, 3.63) is 75.8 Å². The van der Waals surface area contributed by atoms with Crippen molar-refractivity contribution in [3.63, 3.8) is 0 Å². The van der Waals surface area contributed by atoms with E-state index in [1.807, 2.05) is 30.3 Å². The van der Waals surface area contributed by atoms with Gasteiger partial charge in [0.15, 0.2) is 0 Å². The van der Waals surface area contributed by atoms with Crippen LogP contribution in [0.2, 0.25) is 0 Å². The first-order valence-electron chi connectivity index (χ1n) is 7.76. The predicted molar refractivity (Wildman–Crippen MR) is 90.3 cm³/mol. The molecule has 0 saturated heterocycles. The number of non-ortho nitro benzene ring substituents is 1. The molecular formula is C18H22N2O3. The number of aliphatic hydroxyl groups excluding tert-OH is 1. The van der Waals surface area contributed by atoms with Crippen molar-refractivity contribution in [1.29, 1.82) is 0 Å². The molecule has 2 aromatic carbocycles. The van der Waals surface area contributed by atoms with Gasteiger partial charge in [-0.3, -0.25) is 10.1 Å². The summed E-state index contributed by atoms with van der Waals surface area (Å²) in [5.41, 5.74) is 2.10. The molecule has 0 bridgehead atoms. The Morgan fingerprint density at radius 1 is 1.13 bits per heavy atom. The Balaban J connectivity index is 1.74. The average molecular weight is 314 g/mol. The van der Waals surface area contributed by atoms with Crippen LogP contribution in [-0.4, -0.2) is 22.6 Å². The first-order chi connectivity index (χ1) is 11.1. The first-order valence-corrected chi connectivity index (χ1v) is 7.76. The molecule has 0 unspecified atom stereocenters. The highest BCUT2D eigenvalue weighted by Crippen LogP contribution is 2.14. The van der Waals surface area contributed by atoms with Gasteiger partial charge >= 0.3 is 0 Å². The molecule has 122 valence electrons. The number of rotatable bonds is 8. The lowest BCUT2D eigenvalue weighted by molar-refractivity contribution is -0.384. The maximum atomic E-state index is 10.6. The molecule has 0 radical (unpaired) electrons. The zero-order valence-corrected chi connectivity index (χ0v) is 13.2. The van der Waals surface area contributed by atoms with Gasteiger partial charge in [-0.15, -0.1) is 0 Å². The summed E-state index contributed by atoms with van der Waals surface area (Å²) >= 11 is 0. The minimum Gasteiger partial charge on any atom is -0.387 e. The number of benzene rings is 2. The normalized spacial score (nSPS) is 13.5. The van der Waals surface area contributed by atoms with E-state index in [1.54, 1.807) is 12.1 Å². The summed E-state index contributed by atoms with van der Waals surface area (Å²) in [7, 11) is 0. The molecule has 0 amide bonds. The molecule has 5 heteroatoms. The molecule has 5 nitrogen and oxygen atoms in total. The third kappa shape index (κ3) is 5.47. The highest BCUT2D eigenvalue weighted by Gasteiger charge is 2.09. The quantitative estimate of drug-likeness (QED) is 0.579. The van der Waals surface area contributed by atoms with Crippen molar-refractivity contribution in [2.45, 2.75) is 31.9 Å². The molecule has 0 aliphatic heterocycles. The van der Waals surface area contributed by atoms with Crippen LogP contribution in [0.1, 0.15) is 30.6 Å². The van der Waals surface area contributed by atoms with Crippen LogP contribution in [0.4, 0.5) is 5.69 Å². The summed E-state index contributed by atoms with van der Waals surface area (Å²) in [5.74, 6) is 0. The summed E-state index contributed by atoms with van der Waals surface area (Å²) in [6.07, 6.45) is 1.23. The number of nitro groups is 1. The summed E-state index contributed by atoms with van der Waals surface area (Å²) in [6.45, 7) is 2.58. The molecular weight excluding hydrogens is 292 g/mol. The zero-order valence-electron chi connectivity index (χ0n) is 13.2. The number of aliphatic hydroxyl groups is 1. The lowest BCUT2D eigenvalue weighted by Crippen LogP contribution is -2.30.